The van der Waals surface area contributed by atoms with E-state index in [-0.39, 0.29) is 58.2 Å². The highest BCUT2D eigenvalue weighted by molar-refractivity contribution is 6.00. The molecule has 0 bridgehead atoms. The van der Waals surface area contributed by atoms with Crippen molar-refractivity contribution in [2.75, 3.05) is 13.7 Å². The van der Waals surface area contributed by atoms with Gasteiger partial charge in [-0.05, 0) is 85.5 Å². The number of allylic oxidation sites excluding steroid dienone is 2. The Labute approximate surface area is 322 Å². The van der Waals surface area contributed by atoms with Crippen LogP contribution in [0.5, 0.6) is 0 Å². The molecular weight excluding hydrogens is 720 g/mol. The molecular formula is C40H62O15. The fraction of sp³-hybridized carbons (Fsp3) is 0.875. The molecule has 15 nitrogen and oxygen atoms in total. The summed E-state index contributed by atoms with van der Waals surface area (Å²) in [6.45, 7) is 9.64. The van der Waals surface area contributed by atoms with Gasteiger partial charge in [0.2, 0.25) is 5.78 Å². The summed E-state index contributed by atoms with van der Waals surface area (Å²) in [6, 6.07) is 0. The van der Waals surface area contributed by atoms with Gasteiger partial charge in [-0.1, -0.05) is 34.6 Å². The van der Waals surface area contributed by atoms with Gasteiger partial charge in [0.05, 0.1) is 19.8 Å². The Morgan fingerprint density at radius 2 is 1.56 bits per heavy atom. The van der Waals surface area contributed by atoms with Crippen LogP contribution in [0.1, 0.15) is 92.4 Å². The number of methoxy groups -OCH3 is 1. The quantitative estimate of drug-likeness (QED) is 0.116. The number of aliphatic hydroxyl groups excluding tert-OH is 7. The number of rotatable bonds is 11. The smallest absolute Gasteiger partial charge is 0.337 e. The summed E-state index contributed by atoms with van der Waals surface area (Å²) < 4.78 is 28.5. The minimum absolute atomic E-state index is 0.0682. The van der Waals surface area contributed by atoms with Gasteiger partial charge in [0.15, 0.2) is 24.4 Å². The van der Waals surface area contributed by atoms with E-state index in [4.69, 9.17) is 23.7 Å². The molecule has 6 rings (SSSR count). The van der Waals surface area contributed by atoms with Crippen molar-refractivity contribution in [2.24, 2.45) is 46.3 Å². The fourth-order valence-corrected chi connectivity index (χ4v) is 11.6. The van der Waals surface area contributed by atoms with Crippen LogP contribution >= 0.6 is 0 Å². The summed E-state index contributed by atoms with van der Waals surface area (Å²) in [4.78, 5) is 39.4. The highest BCUT2D eigenvalue weighted by Crippen LogP contribution is 2.67. The van der Waals surface area contributed by atoms with E-state index >= 15 is 0 Å². The summed E-state index contributed by atoms with van der Waals surface area (Å²) in [5, 5.41) is 74.3. The van der Waals surface area contributed by atoms with Crippen LogP contribution in [0.15, 0.2) is 11.3 Å². The van der Waals surface area contributed by atoms with Gasteiger partial charge in [0.25, 0.3) is 0 Å². The molecule has 4 aliphatic carbocycles. The highest BCUT2D eigenvalue weighted by atomic mass is 16.8. The van der Waals surface area contributed by atoms with Gasteiger partial charge >= 0.3 is 5.97 Å². The third-order valence-electron chi connectivity index (χ3n) is 14.3. The van der Waals surface area contributed by atoms with Gasteiger partial charge in [-0.2, -0.15) is 0 Å². The van der Waals surface area contributed by atoms with Crippen LogP contribution < -0.4 is 0 Å². The number of carbonyl (C=O) groups is 3. The van der Waals surface area contributed by atoms with Crippen LogP contribution in [0.25, 0.3) is 0 Å². The van der Waals surface area contributed by atoms with E-state index in [1.165, 1.54) is 0 Å². The number of esters is 1. The maximum Gasteiger partial charge on any atom is 0.337 e. The van der Waals surface area contributed by atoms with E-state index in [9.17, 15) is 50.1 Å². The molecule has 15 heteroatoms. The number of ketones is 2. The molecule has 2 heterocycles. The Hall–Kier alpha value is -2.05. The zero-order valence-corrected chi connectivity index (χ0v) is 32.8. The number of hydrogen-bond donors (Lipinski definition) is 7. The first kappa shape index (κ1) is 42.6. The largest absolute Gasteiger partial charge is 0.504 e. The molecule has 7 N–H and O–H groups in total. The monoisotopic (exact) mass is 782 g/mol. The number of fused-ring (bicyclic) bond motifs is 5. The Morgan fingerprint density at radius 1 is 0.855 bits per heavy atom. The first-order chi connectivity index (χ1) is 25.9. The van der Waals surface area contributed by atoms with Crippen molar-refractivity contribution >= 4 is 17.5 Å². The van der Waals surface area contributed by atoms with Crippen LogP contribution in [-0.4, -0.2) is 135 Å². The van der Waals surface area contributed by atoms with E-state index in [2.05, 4.69) is 13.8 Å². The average molecular weight is 783 g/mol. The minimum atomic E-state index is -1.82. The second kappa shape index (κ2) is 16.3. The van der Waals surface area contributed by atoms with Crippen molar-refractivity contribution in [1.29, 1.82) is 0 Å². The molecule has 0 amide bonds. The first-order valence-electron chi connectivity index (χ1n) is 20.1. The fourth-order valence-electron chi connectivity index (χ4n) is 11.6. The van der Waals surface area contributed by atoms with Crippen LogP contribution in [-0.2, 0) is 38.1 Å². The summed E-state index contributed by atoms with van der Waals surface area (Å²) in [5.41, 5.74) is 0.0815. The maximum absolute atomic E-state index is 14.0. The molecule has 5 fully saturated rings. The standard InChI is InChI=1S/C40H62O15/c1-17(2)13-20(42)14-18(3)25-28(44)29(45)26-22-8-7-19-15-21(9-11-39(19,4)23(22)10-12-40(25,26)5)52-38-35(32(48)31(47)34(54-38)36(50)51-6)55-37-33(49)30(46)27(43)24(16-41)53-37/h17-19,21-24,26-27,30-35,37-38,41,43-44,46-49H,7-16H2,1-6H3/t18-,19+,21+,22-,23+,24-,26+,27-,30+,31+,32+,33-,34+,35-,37+,38-,39+,40-/m1/s1. The summed E-state index contributed by atoms with van der Waals surface area (Å²) in [5.74, 6) is -1.03. The summed E-state index contributed by atoms with van der Waals surface area (Å²) >= 11 is 0. The van der Waals surface area contributed by atoms with Crippen molar-refractivity contribution < 1.29 is 73.8 Å². The summed E-state index contributed by atoms with van der Waals surface area (Å²) in [6.07, 6.45) is -11.0. The van der Waals surface area contributed by atoms with Crippen LogP contribution in [0.3, 0.4) is 0 Å². The van der Waals surface area contributed by atoms with Gasteiger partial charge < -0.3 is 59.4 Å². The van der Waals surface area contributed by atoms with E-state index in [1.54, 1.807) is 0 Å². The van der Waals surface area contributed by atoms with Crippen LogP contribution in [0, 0.1) is 46.3 Å². The Kier molecular flexibility index (Phi) is 12.6. The van der Waals surface area contributed by atoms with E-state index in [1.807, 2.05) is 20.8 Å². The molecule has 3 saturated carbocycles. The molecule has 0 aromatic heterocycles. The van der Waals surface area contributed by atoms with Crippen molar-refractivity contribution in [2.45, 2.75) is 160 Å². The number of Topliss-reactive ketones (excluding diaryl/α,β-unsaturated/α-hetero) is 2. The molecule has 0 unspecified atom stereocenters. The Bertz CT molecular complexity index is 1470. The topological polar surface area (TPSA) is 239 Å². The van der Waals surface area contributed by atoms with E-state index < -0.39 is 85.5 Å². The van der Waals surface area contributed by atoms with Gasteiger partial charge in [0, 0.05) is 24.2 Å². The lowest BCUT2D eigenvalue weighted by atomic mass is 9.44. The Balaban J connectivity index is 1.17. The average Bonchev–Trinajstić information content (AvgIpc) is 3.34. The predicted octanol–water partition coefficient (Wildman–Crippen LogP) is 1.46. The normalized spacial score (nSPS) is 46.5. The Morgan fingerprint density at radius 3 is 2.22 bits per heavy atom. The molecule has 55 heavy (non-hydrogen) atoms. The van der Waals surface area contributed by atoms with Gasteiger partial charge in [-0.25, -0.2) is 4.79 Å². The van der Waals surface area contributed by atoms with Gasteiger partial charge in [-0.3, -0.25) is 9.59 Å². The van der Waals surface area contributed by atoms with Crippen LogP contribution in [0.2, 0.25) is 0 Å². The molecule has 312 valence electrons. The number of ether oxygens (including phenoxy) is 5. The molecule has 2 aliphatic heterocycles. The molecule has 0 radical (unpaired) electrons. The molecule has 6 aliphatic rings. The lowest BCUT2D eigenvalue weighted by Gasteiger charge is -2.60. The molecule has 18 atom stereocenters. The minimum Gasteiger partial charge on any atom is -0.504 e. The lowest BCUT2D eigenvalue weighted by Crippen LogP contribution is -2.65. The predicted molar refractivity (Wildman–Crippen MR) is 192 cm³/mol. The highest BCUT2D eigenvalue weighted by Gasteiger charge is 2.64. The lowest BCUT2D eigenvalue weighted by molar-refractivity contribution is -0.369. The zero-order valence-electron chi connectivity index (χ0n) is 32.8. The third-order valence-corrected chi connectivity index (χ3v) is 14.3. The van der Waals surface area contributed by atoms with Gasteiger partial charge in [-0.15, -0.1) is 0 Å². The summed E-state index contributed by atoms with van der Waals surface area (Å²) in [7, 11) is 1.11. The van der Waals surface area contributed by atoms with E-state index in [0.717, 1.165) is 44.8 Å². The van der Waals surface area contributed by atoms with Gasteiger partial charge in [0.1, 0.15) is 48.5 Å². The molecule has 2 saturated heterocycles. The van der Waals surface area contributed by atoms with Crippen molar-refractivity contribution in [3.05, 3.63) is 11.3 Å². The maximum atomic E-state index is 14.0. The molecule has 0 aromatic carbocycles. The van der Waals surface area contributed by atoms with Crippen LogP contribution in [0.4, 0.5) is 0 Å². The van der Waals surface area contributed by atoms with Crippen molar-refractivity contribution in [3.63, 3.8) is 0 Å². The molecule has 0 aromatic rings. The van der Waals surface area contributed by atoms with Crippen molar-refractivity contribution in [1.82, 2.24) is 0 Å². The second-order valence-corrected chi connectivity index (χ2v) is 18.1. The number of carbonyl (C=O) groups excluding carboxylic acids is 3. The van der Waals surface area contributed by atoms with Crippen molar-refractivity contribution in [3.8, 4) is 0 Å². The van der Waals surface area contributed by atoms with E-state index in [0.29, 0.717) is 25.7 Å². The molecule has 0 spiro atoms. The number of aliphatic hydroxyl groups is 7. The first-order valence-corrected chi connectivity index (χ1v) is 20.1. The SMILES string of the molecule is COC(=O)[C@H]1O[C@@H](O[C@H]2CC[C@@]3(C)[C@@H](CC[C@H]4[C@H]5C(=O)C(O)=C([C@H](C)CC(=O)CC(C)C)[C@@]5(C)CC[C@@H]43)C2)[C@H](O[C@@H]2O[C@H](CO)[C@@H](O)[C@H](O)[C@H]2O)[C@@H](O)[C@@H]1O. The second-order valence-electron chi connectivity index (χ2n) is 18.1. The third kappa shape index (κ3) is 7.56. The zero-order chi connectivity index (χ0) is 40.3. The number of hydrogen-bond acceptors (Lipinski definition) is 15.